The van der Waals surface area contributed by atoms with Crippen molar-refractivity contribution in [3.05, 3.63) is 103 Å². The molecule has 0 bridgehead atoms. The van der Waals surface area contributed by atoms with Crippen LogP contribution in [-0.4, -0.2) is 35.2 Å². The Morgan fingerprint density at radius 3 is 2.36 bits per heavy atom. The van der Waals surface area contributed by atoms with E-state index in [2.05, 4.69) is 73.7 Å². The second-order valence-electron chi connectivity index (χ2n) is 9.23. The Morgan fingerprint density at radius 2 is 1.61 bits per heavy atom. The Kier molecular flexibility index (Phi) is 4.91. The molecule has 0 amide bonds. The quantitative estimate of drug-likeness (QED) is 0.330. The van der Waals surface area contributed by atoms with Crippen molar-refractivity contribution in [1.82, 2.24) is 35.2 Å². The number of fused-ring (bicyclic) bond motifs is 1. The molecule has 1 aliphatic carbocycles. The van der Waals surface area contributed by atoms with Gasteiger partial charge in [0.25, 0.3) is 0 Å². The first-order chi connectivity index (χ1) is 17.8. The van der Waals surface area contributed by atoms with Gasteiger partial charge in [-0.3, -0.25) is 4.98 Å². The molecule has 174 valence electrons. The minimum absolute atomic E-state index is 0.540. The Balaban J connectivity index is 1.25. The van der Waals surface area contributed by atoms with Crippen molar-refractivity contribution in [1.29, 1.82) is 0 Å². The third kappa shape index (κ3) is 3.75. The molecular formula is C29H23N7. The highest BCUT2D eigenvalue weighted by atomic mass is 15.5. The highest BCUT2D eigenvalue weighted by Gasteiger charge is 2.30. The maximum absolute atomic E-state index is 4.99. The first-order valence-electron chi connectivity index (χ1n) is 12.2. The van der Waals surface area contributed by atoms with E-state index in [0.717, 1.165) is 45.5 Å². The summed E-state index contributed by atoms with van der Waals surface area (Å²) >= 11 is 0. The number of pyridine rings is 1. The van der Waals surface area contributed by atoms with Gasteiger partial charge in [-0.25, -0.2) is 4.98 Å². The molecule has 0 atom stereocenters. The molecule has 0 unspecified atom stereocenters. The summed E-state index contributed by atoms with van der Waals surface area (Å²) in [5.74, 6) is 2.30. The molecular weight excluding hydrogens is 446 g/mol. The van der Waals surface area contributed by atoms with Crippen LogP contribution in [0.5, 0.6) is 0 Å². The van der Waals surface area contributed by atoms with E-state index in [0.29, 0.717) is 11.7 Å². The van der Waals surface area contributed by atoms with Crippen LogP contribution in [0, 0.1) is 0 Å². The first kappa shape index (κ1) is 20.7. The molecule has 3 heterocycles. The SMILES string of the molecule is c1ccc(-c2cc3c(cn2)nc(C2CC2)n3Cc2ccc(-c3ccccc3-c3nn[nH]n3)cc2)cc1. The fraction of sp³-hybridized carbons (Fsp3) is 0.138. The zero-order valence-corrected chi connectivity index (χ0v) is 19.5. The zero-order valence-electron chi connectivity index (χ0n) is 19.5. The van der Waals surface area contributed by atoms with Gasteiger partial charge in [0.1, 0.15) is 11.3 Å². The predicted molar refractivity (Wildman–Crippen MR) is 139 cm³/mol. The molecule has 0 saturated heterocycles. The molecule has 7 nitrogen and oxygen atoms in total. The van der Waals surface area contributed by atoms with Crippen LogP contribution in [0.3, 0.4) is 0 Å². The van der Waals surface area contributed by atoms with E-state index in [1.165, 1.54) is 24.2 Å². The lowest BCUT2D eigenvalue weighted by atomic mass is 9.98. The van der Waals surface area contributed by atoms with Crippen LogP contribution in [0.25, 0.3) is 44.8 Å². The van der Waals surface area contributed by atoms with Gasteiger partial charge >= 0.3 is 0 Å². The van der Waals surface area contributed by atoms with Crippen molar-refractivity contribution >= 4 is 11.0 Å². The van der Waals surface area contributed by atoms with E-state index < -0.39 is 0 Å². The monoisotopic (exact) mass is 469 g/mol. The van der Waals surface area contributed by atoms with Crippen molar-refractivity contribution < 1.29 is 0 Å². The number of rotatable bonds is 6. The highest BCUT2D eigenvalue weighted by molar-refractivity contribution is 5.81. The van der Waals surface area contributed by atoms with E-state index in [4.69, 9.17) is 9.97 Å². The van der Waals surface area contributed by atoms with Crippen molar-refractivity contribution in [2.75, 3.05) is 0 Å². The summed E-state index contributed by atoms with van der Waals surface area (Å²) < 4.78 is 2.38. The number of aromatic amines is 1. The van der Waals surface area contributed by atoms with Gasteiger partial charge in [0.15, 0.2) is 0 Å². The largest absolute Gasteiger partial charge is 0.323 e. The second-order valence-corrected chi connectivity index (χ2v) is 9.23. The summed E-state index contributed by atoms with van der Waals surface area (Å²) in [4.78, 5) is 9.69. The molecule has 36 heavy (non-hydrogen) atoms. The van der Waals surface area contributed by atoms with E-state index in [1.807, 2.05) is 42.6 Å². The number of aromatic nitrogens is 7. The summed E-state index contributed by atoms with van der Waals surface area (Å²) in [6.45, 7) is 0.771. The second kappa shape index (κ2) is 8.53. The first-order valence-corrected chi connectivity index (χ1v) is 12.2. The standard InChI is InChI=1S/C29H23N7/c1-2-6-21(7-3-1)25-16-27-26(17-30-25)31-29(22-14-15-22)36(27)18-19-10-12-20(13-11-19)23-8-4-5-9-24(23)28-32-34-35-33-28/h1-13,16-17,22H,14-15,18H2,(H,32,33,34,35). The van der Waals surface area contributed by atoms with Crippen LogP contribution < -0.4 is 0 Å². The number of H-pyrrole nitrogens is 1. The van der Waals surface area contributed by atoms with Crippen LogP contribution in [-0.2, 0) is 6.54 Å². The molecule has 1 saturated carbocycles. The molecule has 0 aliphatic heterocycles. The van der Waals surface area contributed by atoms with Crippen molar-refractivity contribution in [3.63, 3.8) is 0 Å². The fourth-order valence-corrected chi connectivity index (χ4v) is 4.81. The van der Waals surface area contributed by atoms with E-state index in [9.17, 15) is 0 Å². The van der Waals surface area contributed by atoms with Crippen LogP contribution >= 0.6 is 0 Å². The number of tetrazole rings is 1. The number of benzene rings is 3. The Labute approximate surface area is 207 Å². The van der Waals surface area contributed by atoms with Crippen LogP contribution in [0.15, 0.2) is 91.1 Å². The molecule has 1 aliphatic rings. The molecule has 1 fully saturated rings. The molecule has 6 aromatic rings. The van der Waals surface area contributed by atoms with Gasteiger partial charge in [-0.2, -0.15) is 5.21 Å². The number of nitrogens with zero attached hydrogens (tertiary/aromatic N) is 6. The maximum atomic E-state index is 4.99. The third-order valence-electron chi connectivity index (χ3n) is 6.80. The minimum Gasteiger partial charge on any atom is -0.323 e. The zero-order chi connectivity index (χ0) is 23.9. The van der Waals surface area contributed by atoms with Crippen molar-refractivity contribution in [2.45, 2.75) is 25.3 Å². The molecule has 1 N–H and O–H groups in total. The predicted octanol–water partition coefficient (Wildman–Crippen LogP) is 5.87. The van der Waals surface area contributed by atoms with Gasteiger partial charge in [-0.15, -0.1) is 10.2 Å². The highest BCUT2D eigenvalue weighted by Crippen LogP contribution is 2.41. The fourth-order valence-electron chi connectivity index (χ4n) is 4.81. The lowest BCUT2D eigenvalue weighted by molar-refractivity contribution is 0.747. The topological polar surface area (TPSA) is 85.2 Å². The van der Waals surface area contributed by atoms with Gasteiger partial charge in [-0.1, -0.05) is 78.9 Å². The van der Waals surface area contributed by atoms with Gasteiger partial charge in [0.05, 0.1) is 17.4 Å². The smallest absolute Gasteiger partial charge is 0.205 e. The Morgan fingerprint density at radius 1 is 0.833 bits per heavy atom. The molecule has 3 aromatic carbocycles. The van der Waals surface area contributed by atoms with Crippen LogP contribution in [0.1, 0.15) is 30.1 Å². The minimum atomic E-state index is 0.540. The van der Waals surface area contributed by atoms with Crippen molar-refractivity contribution in [3.8, 4) is 33.8 Å². The molecule has 0 radical (unpaired) electrons. The van der Waals surface area contributed by atoms with Gasteiger partial charge in [-0.05, 0) is 40.8 Å². The van der Waals surface area contributed by atoms with Crippen molar-refractivity contribution in [2.24, 2.45) is 0 Å². The van der Waals surface area contributed by atoms with Gasteiger partial charge < -0.3 is 4.57 Å². The molecule has 0 spiro atoms. The summed E-state index contributed by atoms with van der Waals surface area (Å²) in [5.41, 5.74) is 8.57. The van der Waals surface area contributed by atoms with Crippen LogP contribution in [0.4, 0.5) is 0 Å². The number of hydrogen-bond donors (Lipinski definition) is 1. The molecule has 7 heteroatoms. The Bertz CT molecular complexity index is 1650. The summed E-state index contributed by atoms with van der Waals surface area (Å²) in [6.07, 6.45) is 4.32. The lowest BCUT2D eigenvalue weighted by Crippen LogP contribution is -2.04. The Hall–Kier alpha value is -4.65. The average Bonchev–Trinajstić information content (AvgIpc) is 3.51. The van der Waals surface area contributed by atoms with E-state index in [-0.39, 0.29) is 0 Å². The van der Waals surface area contributed by atoms with Crippen LogP contribution in [0.2, 0.25) is 0 Å². The van der Waals surface area contributed by atoms with E-state index in [1.54, 1.807) is 0 Å². The molecule has 3 aromatic heterocycles. The summed E-state index contributed by atoms with van der Waals surface area (Å²) in [5, 5.41) is 14.6. The number of nitrogens with one attached hydrogen (secondary N) is 1. The average molecular weight is 470 g/mol. The number of imidazole rings is 1. The normalized spacial score (nSPS) is 13.3. The van der Waals surface area contributed by atoms with Gasteiger partial charge in [0.2, 0.25) is 5.82 Å². The van der Waals surface area contributed by atoms with E-state index >= 15 is 0 Å². The summed E-state index contributed by atoms with van der Waals surface area (Å²) in [6, 6.07) is 29.4. The summed E-state index contributed by atoms with van der Waals surface area (Å²) in [7, 11) is 0. The number of hydrogen-bond acceptors (Lipinski definition) is 5. The lowest BCUT2D eigenvalue weighted by Gasteiger charge is -2.11. The maximum Gasteiger partial charge on any atom is 0.205 e. The third-order valence-corrected chi connectivity index (χ3v) is 6.80. The molecule has 7 rings (SSSR count). The van der Waals surface area contributed by atoms with Gasteiger partial charge in [0, 0.05) is 23.6 Å².